The first-order valence-corrected chi connectivity index (χ1v) is 7.12. The molecule has 0 saturated carbocycles. The predicted molar refractivity (Wildman–Crippen MR) is 80.6 cm³/mol. The Hall–Kier alpha value is -1.78. The number of hydrogen-bond acceptors (Lipinski definition) is 2. The van der Waals surface area contributed by atoms with Crippen molar-refractivity contribution in [1.82, 2.24) is 5.43 Å². The molecule has 0 heterocycles. The normalized spacial score (nSPS) is 12.3. The highest BCUT2D eigenvalue weighted by molar-refractivity contribution is 5.19. The molecule has 2 aromatic rings. The standard InChI is InChI=1S/C17H20F2N2/c18-15-9-14(10-16(19)12-15)11-17(21-20)8-4-7-13-5-2-1-3-6-13/h1-3,5-6,9-10,12,17,21H,4,7-8,11,20H2. The summed E-state index contributed by atoms with van der Waals surface area (Å²) in [6, 6.07) is 13.8. The topological polar surface area (TPSA) is 38.0 Å². The zero-order chi connectivity index (χ0) is 15.1. The molecule has 2 aromatic carbocycles. The van der Waals surface area contributed by atoms with Crippen molar-refractivity contribution in [3.05, 3.63) is 71.3 Å². The van der Waals surface area contributed by atoms with Gasteiger partial charge < -0.3 is 0 Å². The van der Waals surface area contributed by atoms with Crippen molar-refractivity contribution >= 4 is 0 Å². The minimum Gasteiger partial charge on any atom is -0.271 e. The number of nitrogens with one attached hydrogen (secondary N) is 1. The number of aryl methyl sites for hydroxylation is 1. The number of halogens is 2. The molecule has 112 valence electrons. The molecular formula is C17H20F2N2. The molecule has 2 nitrogen and oxygen atoms in total. The average molecular weight is 290 g/mol. The van der Waals surface area contributed by atoms with E-state index < -0.39 is 11.6 Å². The van der Waals surface area contributed by atoms with E-state index in [1.165, 1.54) is 17.7 Å². The van der Waals surface area contributed by atoms with Crippen LogP contribution in [0.25, 0.3) is 0 Å². The van der Waals surface area contributed by atoms with Gasteiger partial charge in [0.2, 0.25) is 0 Å². The zero-order valence-corrected chi connectivity index (χ0v) is 11.9. The number of rotatable bonds is 7. The van der Waals surface area contributed by atoms with Gasteiger partial charge >= 0.3 is 0 Å². The highest BCUT2D eigenvalue weighted by Crippen LogP contribution is 2.13. The van der Waals surface area contributed by atoms with Crippen LogP contribution in [0.3, 0.4) is 0 Å². The van der Waals surface area contributed by atoms with Crippen molar-refractivity contribution in [1.29, 1.82) is 0 Å². The first-order valence-electron chi connectivity index (χ1n) is 7.12. The smallest absolute Gasteiger partial charge is 0.126 e. The van der Waals surface area contributed by atoms with E-state index in [0.717, 1.165) is 25.3 Å². The van der Waals surface area contributed by atoms with Crippen LogP contribution in [0.1, 0.15) is 24.0 Å². The minimum absolute atomic E-state index is 0.00918. The highest BCUT2D eigenvalue weighted by Gasteiger charge is 2.09. The lowest BCUT2D eigenvalue weighted by Gasteiger charge is -2.16. The van der Waals surface area contributed by atoms with Crippen molar-refractivity contribution in [2.45, 2.75) is 31.7 Å². The van der Waals surface area contributed by atoms with E-state index in [1.54, 1.807) is 0 Å². The third-order valence-corrected chi connectivity index (χ3v) is 3.50. The van der Waals surface area contributed by atoms with E-state index in [4.69, 9.17) is 5.84 Å². The fraction of sp³-hybridized carbons (Fsp3) is 0.294. The lowest BCUT2D eigenvalue weighted by Crippen LogP contribution is -2.36. The van der Waals surface area contributed by atoms with Gasteiger partial charge in [-0.05, 0) is 48.9 Å². The fourth-order valence-corrected chi connectivity index (χ4v) is 2.45. The molecule has 0 aliphatic rings. The number of hydrogen-bond donors (Lipinski definition) is 2. The Morgan fingerprint density at radius 2 is 1.62 bits per heavy atom. The number of hydrazine groups is 1. The van der Waals surface area contributed by atoms with Gasteiger partial charge in [0, 0.05) is 12.1 Å². The van der Waals surface area contributed by atoms with Crippen LogP contribution in [0.15, 0.2) is 48.5 Å². The molecule has 3 N–H and O–H groups in total. The Labute approximate surface area is 124 Å². The van der Waals surface area contributed by atoms with Crippen LogP contribution in [0, 0.1) is 11.6 Å². The van der Waals surface area contributed by atoms with Crippen LogP contribution in [-0.4, -0.2) is 6.04 Å². The van der Waals surface area contributed by atoms with E-state index in [2.05, 4.69) is 17.6 Å². The van der Waals surface area contributed by atoms with Gasteiger partial charge in [-0.2, -0.15) is 0 Å². The maximum atomic E-state index is 13.2. The maximum Gasteiger partial charge on any atom is 0.126 e. The fourth-order valence-electron chi connectivity index (χ4n) is 2.45. The molecule has 0 aliphatic heterocycles. The van der Waals surface area contributed by atoms with Crippen LogP contribution in [0.4, 0.5) is 8.78 Å². The predicted octanol–water partition coefficient (Wildman–Crippen LogP) is 3.36. The highest BCUT2D eigenvalue weighted by atomic mass is 19.1. The van der Waals surface area contributed by atoms with Gasteiger partial charge in [0.05, 0.1) is 0 Å². The van der Waals surface area contributed by atoms with E-state index in [1.807, 2.05) is 18.2 Å². The largest absolute Gasteiger partial charge is 0.271 e. The Balaban J connectivity index is 1.85. The second kappa shape index (κ2) is 7.86. The lowest BCUT2D eigenvalue weighted by atomic mass is 9.99. The summed E-state index contributed by atoms with van der Waals surface area (Å²) in [5.41, 5.74) is 4.63. The van der Waals surface area contributed by atoms with Gasteiger partial charge in [-0.25, -0.2) is 8.78 Å². The molecule has 0 radical (unpaired) electrons. The van der Waals surface area contributed by atoms with Gasteiger partial charge in [0.15, 0.2) is 0 Å². The summed E-state index contributed by atoms with van der Waals surface area (Å²) in [7, 11) is 0. The SMILES string of the molecule is NNC(CCCc1ccccc1)Cc1cc(F)cc(F)c1. The summed E-state index contributed by atoms with van der Waals surface area (Å²) in [6.07, 6.45) is 3.30. The third-order valence-electron chi connectivity index (χ3n) is 3.50. The summed E-state index contributed by atoms with van der Waals surface area (Å²) < 4.78 is 26.3. The Bertz CT molecular complexity index is 538. The Morgan fingerprint density at radius 1 is 0.952 bits per heavy atom. The van der Waals surface area contributed by atoms with Crippen molar-refractivity contribution < 1.29 is 8.78 Å². The van der Waals surface area contributed by atoms with Crippen molar-refractivity contribution in [2.24, 2.45) is 5.84 Å². The molecule has 0 saturated heterocycles. The molecule has 4 heteroatoms. The van der Waals surface area contributed by atoms with Crippen LogP contribution in [0.2, 0.25) is 0 Å². The quantitative estimate of drug-likeness (QED) is 0.606. The van der Waals surface area contributed by atoms with Gasteiger partial charge in [-0.15, -0.1) is 0 Å². The average Bonchev–Trinajstić information content (AvgIpc) is 2.46. The molecule has 0 amide bonds. The summed E-state index contributed by atoms with van der Waals surface area (Å²) >= 11 is 0. The van der Waals surface area contributed by atoms with Gasteiger partial charge in [0.1, 0.15) is 11.6 Å². The number of nitrogens with two attached hydrogens (primary N) is 1. The molecule has 0 fully saturated rings. The zero-order valence-electron chi connectivity index (χ0n) is 11.9. The molecule has 2 rings (SSSR count). The van der Waals surface area contributed by atoms with Crippen LogP contribution in [-0.2, 0) is 12.8 Å². The Kier molecular flexibility index (Phi) is 5.84. The van der Waals surface area contributed by atoms with Crippen molar-refractivity contribution in [3.8, 4) is 0 Å². The van der Waals surface area contributed by atoms with Gasteiger partial charge in [-0.3, -0.25) is 11.3 Å². The first-order chi connectivity index (χ1) is 10.2. The molecule has 0 aromatic heterocycles. The summed E-state index contributed by atoms with van der Waals surface area (Å²) in [5.74, 6) is 4.44. The summed E-state index contributed by atoms with van der Waals surface area (Å²) in [5, 5.41) is 0. The van der Waals surface area contributed by atoms with Crippen molar-refractivity contribution in [3.63, 3.8) is 0 Å². The molecule has 1 unspecified atom stereocenters. The second-order valence-corrected chi connectivity index (χ2v) is 5.22. The van der Waals surface area contributed by atoms with E-state index in [9.17, 15) is 8.78 Å². The van der Waals surface area contributed by atoms with Crippen LogP contribution < -0.4 is 11.3 Å². The van der Waals surface area contributed by atoms with E-state index in [-0.39, 0.29) is 6.04 Å². The first kappa shape index (κ1) is 15.6. The summed E-state index contributed by atoms with van der Waals surface area (Å²) in [4.78, 5) is 0. The second-order valence-electron chi connectivity index (χ2n) is 5.22. The Morgan fingerprint density at radius 3 is 2.24 bits per heavy atom. The molecule has 0 aliphatic carbocycles. The van der Waals surface area contributed by atoms with Crippen molar-refractivity contribution in [2.75, 3.05) is 0 Å². The lowest BCUT2D eigenvalue weighted by molar-refractivity contribution is 0.473. The molecule has 0 bridgehead atoms. The summed E-state index contributed by atoms with van der Waals surface area (Å²) in [6.45, 7) is 0. The van der Waals surface area contributed by atoms with E-state index >= 15 is 0 Å². The minimum atomic E-state index is -0.551. The van der Waals surface area contributed by atoms with Gasteiger partial charge in [0.25, 0.3) is 0 Å². The molecular weight excluding hydrogens is 270 g/mol. The van der Waals surface area contributed by atoms with Crippen LogP contribution in [0.5, 0.6) is 0 Å². The monoisotopic (exact) mass is 290 g/mol. The number of benzene rings is 2. The molecule has 1 atom stereocenters. The maximum absolute atomic E-state index is 13.2. The third kappa shape index (κ3) is 5.25. The molecule has 0 spiro atoms. The van der Waals surface area contributed by atoms with E-state index in [0.29, 0.717) is 12.0 Å². The van der Waals surface area contributed by atoms with Gasteiger partial charge in [-0.1, -0.05) is 30.3 Å². The molecule has 21 heavy (non-hydrogen) atoms. The van der Waals surface area contributed by atoms with Crippen LogP contribution >= 0.6 is 0 Å².